The Morgan fingerprint density at radius 1 is 0.960 bits per heavy atom. The van der Waals surface area contributed by atoms with E-state index in [2.05, 4.69) is 0 Å². The van der Waals surface area contributed by atoms with Crippen LogP contribution in [0.4, 0.5) is 0 Å². The van der Waals surface area contributed by atoms with E-state index < -0.39 is 23.6 Å². The van der Waals surface area contributed by atoms with Gasteiger partial charge in [0.05, 0.1) is 0 Å². The maximum Gasteiger partial charge on any atom is 0.320 e. The molecule has 0 radical (unpaired) electrons. The summed E-state index contributed by atoms with van der Waals surface area (Å²) >= 11 is 0. The zero-order valence-electron chi connectivity index (χ0n) is 15.6. The van der Waals surface area contributed by atoms with E-state index in [-0.39, 0.29) is 12.4 Å². The molecule has 8 heteroatoms. The molecule has 0 aromatic heterocycles. The fraction of sp³-hybridized carbons (Fsp3) is 0.824. The number of hydrogen-bond acceptors (Lipinski definition) is 6. The number of carboxylic acid groups (broad SMARTS) is 2. The smallest absolute Gasteiger partial charge is 0.320 e. The summed E-state index contributed by atoms with van der Waals surface area (Å²) in [5.74, 6) is -1.97. The van der Waals surface area contributed by atoms with Gasteiger partial charge in [-0.3, -0.25) is 14.4 Å². The maximum absolute atomic E-state index is 11.3. The monoisotopic (exact) mass is 362 g/mol. The summed E-state index contributed by atoms with van der Waals surface area (Å²) in [6, 6.07) is -0.835. The zero-order valence-corrected chi connectivity index (χ0v) is 15.6. The van der Waals surface area contributed by atoms with Crippen molar-refractivity contribution in [2.45, 2.75) is 83.8 Å². The van der Waals surface area contributed by atoms with E-state index in [9.17, 15) is 14.4 Å². The Morgan fingerprint density at radius 2 is 1.52 bits per heavy atom. The minimum absolute atomic E-state index is 0.253. The van der Waals surface area contributed by atoms with Crippen LogP contribution in [0, 0.1) is 0 Å². The molecule has 1 atom stereocenters. The van der Waals surface area contributed by atoms with Crippen molar-refractivity contribution in [3.05, 3.63) is 0 Å². The third kappa shape index (κ3) is 22.3. The summed E-state index contributed by atoms with van der Waals surface area (Å²) in [5, 5.41) is 16.7. The van der Waals surface area contributed by atoms with Gasteiger partial charge in [0.25, 0.3) is 0 Å². The number of carboxylic acids is 2. The lowest BCUT2D eigenvalue weighted by molar-refractivity contribution is -0.155. The van der Waals surface area contributed by atoms with Gasteiger partial charge in [-0.2, -0.15) is 0 Å². The van der Waals surface area contributed by atoms with E-state index in [4.69, 9.17) is 26.4 Å². The summed E-state index contributed by atoms with van der Waals surface area (Å²) in [6.45, 7) is 6.10. The average Bonchev–Trinajstić information content (AvgIpc) is 2.46. The van der Waals surface area contributed by atoms with Crippen LogP contribution in [0.25, 0.3) is 0 Å². The van der Waals surface area contributed by atoms with Crippen LogP contribution in [0.15, 0.2) is 0 Å². The van der Waals surface area contributed by atoms with Crippen molar-refractivity contribution < 1.29 is 29.3 Å². The van der Waals surface area contributed by atoms with Gasteiger partial charge in [0.15, 0.2) is 0 Å². The number of aliphatic carboxylic acids is 2. The normalized spacial score (nSPS) is 11.9. The van der Waals surface area contributed by atoms with Gasteiger partial charge in [0.1, 0.15) is 11.6 Å². The molecule has 0 amide bonds. The van der Waals surface area contributed by atoms with Crippen LogP contribution in [0.2, 0.25) is 0 Å². The first-order chi connectivity index (χ1) is 11.5. The van der Waals surface area contributed by atoms with Crippen LogP contribution in [0.5, 0.6) is 0 Å². The van der Waals surface area contributed by atoms with Crippen LogP contribution in [0.1, 0.15) is 72.1 Å². The molecule has 1 unspecified atom stereocenters. The van der Waals surface area contributed by atoms with Gasteiger partial charge in [-0.05, 0) is 53.0 Å². The predicted molar refractivity (Wildman–Crippen MR) is 95.1 cm³/mol. The van der Waals surface area contributed by atoms with Crippen LogP contribution < -0.4 is 11.5 Å². The van der Waals surface area contributed by atoms with Crippen LogP contribution in [-0.4, -0.2) is 46.3 Å². The highest BCUT2D eigenvalue weighted by Crippen LogP contribution is 2.10. The first-order valence-corrected chi connectivity index (χ1v) is 8.61. The molecule has 0 aliphatic carbocycles. The second-order valence-corrected chi connectivity index (χ2v) is 6.77. The molecule has 6 N–H and O–H groups in total. The molecule has 0 bridgehead atoms. The minimum Gasteiger partial charge on any atom is -0.481 e. The molecule has 0 aromatic rings. The van der Waals surface area contributed by atoms with E-state index >= 15 is 0 Å². The van der Waals surface area contributed by atoms with Crippen molar-refractivity contribution in [3.8, 4) is 0 Å². The van der Waals surface area contributed by atoms with Crippen molar-refractivity contribution in [1.82, 2.24) is 0 Å². The Balaban J connectivity index is 0. The Labute approximate surface area is 149 Å². The molecule has 0 aliphatic heterocycles. The van der Waals surface area contributed by atoms with Gasteiger partial charge in [-0.25, -0.2) is 0 Å². The second kappa shape index (κ2) is 14.7. The molecule has 0 saturated carbocycles. The van der Waals surface area contributed by atoms with Crippen molar-refractivity contribution in [2.24, 2.45) is 11.5 Å². The maximum atomic E-state index is 11.3. The van der Waals surface area contributed by atoms with Gasteiger partial charge in [0, 0.05) is 12.8 Å². The number of carbonyl (C=O) groups excluding carboxylic acids is 1. The molecule has 0 aliphatic rings. The van der Waals surface area contributed by atoms with Crippen LogP contribution in [0.3, 0.4) is 0 Å². The number of carbonyl (C=O) groups is 3. The first-order valence-electron chi connectivity index (χ1n) is 8.61. The summed E-state index contributed by atoms with van der Waals surface area (Å²) in [5.41, 5.74) is 10.1. The van der Waals surface area contributed by atoms with E-state index in [1.54, 1.807) is 0 Å². The van der Waals surface area contributed by atoms with Gasteiger partial charge >= 0.3 is 17.9 Å². The molecule has 0 fully saturated rings. The van der Waals surface area contributed by atoms with Crippen molar-refractivity contribution in [2.75, 3.05) is 6.54 Å². The van der Waals surface area contributed by atoms with Gasteiger partial charge in [0.2, 0.25) is 0 Å². The lowest BCUT2D eigenvalue weighted by Gasteiger charge is -2.19. The van der Waals surface area contributed by atoms with Crippen molar-refractivity contribution in [3.63, 3.8) is 0 Å². The summed E-state index contributed by atoms with van der Waals surface area (Å²) < 4.78 is 5.11. The van der Waals surface area contributed by atoms with Gasteiger partial charge in [-0.15, -0.1) is 0 Å². The number of esters is 1. The molecule has 0 aromatic carbocycles. The third-order valence-electron chi connectivity index (χ3n) is 2.98. The third-order valence-corrected chi connectivity index (χ3v) is 2.98. The average molecular weight is 362 g/mol. The summed E-state index contributed by atoms with van der Waals surface area (Å²) in [6.07, 6.45) is 4.83. The number of nitrogens with two attached hydrogens (primary N) is 2. The highest BCUT2D eigenvalue weighted by Gasteiger charge is 2.16. The lowest BCUT2D eigenvalue weighted by Crippen LogP contribution is -2.29. The Kier molecular flexibility index (Phi) is 15.0. The Morgan fingerprint density at radius 3 is 1.96 bits per heavy atom. The fourth-order valence-corrected chi connectivity index (χ4v) is 1.75. The first kappa shape index (κ1) is 25.6. The standard InChI is InChI=1S/C11H21NO4.C6H13NO2/c1-11(2,3)16-9(13)7-5-4-6-8(12)10(14)15;7-5-3-1-2-4-6(8)9/h8H,4-7,12H2,1-3H3,(H,14,15);1-5,7H2,(H,8,9). The van der Waals surface area contributed by atoms with E-state index in [0.29, 0.717) is 32.2 Å². The second-order valence-electron chi connectivity index (χ2n) is 6.77. The molecule has 0 spiro atoms. The van der Waals surface area contributed by atoms with E-state index in [0.717, 1.165) is 19.3 Å². The van der Waals surface area contributed by atoms with E-state index in [1.807, 2.05) is 20.8 Å². The Hall–Kier alpha value is -1.67. The summed E-state index contributed by atoms with van der Waals surface area (Å²) in [7, 11) is 0. The van der Waals surface area contributed by atoms with Crippen molar-refractivity contribution >= 4 is 17.9 Å². The van der Waals surface area contributed by atoms with Crippen LogP contribution in [-0.2, 0) is 19.1 Å². The number of hydrogen-bond donors (Lipinski definition) is 4. The molecule has 0 heterocycles. The van der Waals surface area contributed by atoms with Crippen molar-refractivity contribution in [1.29, 1.82) is 0 Å². The van der Waals surface area contributed by atoms with Gasteiger partial charge in [-0.1, -0.05) is 12.8 Å². The molecule has 25 heavy (non-hydrogen) atoms. The molecule has 148 valence electrons. The van der Waals surface area contributed by atoms with Gasteiger partial charge < -0.3 is 26.4 Å². The SMILES string of the molecule is CC(C)(C)OC(=O)CCCCC(N)C(=O)O.NCCCCCC(=O)O. The quantitative estimate of drug-likeness (QED) is 0.321. The number of rotatable bonds is 11. The molecule has 0 rings (SSSR count). The lowest BCUT2D eigenvalue weighted by atomic mass is 10.1. The molecular formula is C17H34N2O6. The van der Waals surface area contributed by atoms with E-state index in [1.165, 1.54) is 0 Å². The zero-order chi connectivity index (χ0) is 19.9. The molecule has 8 nitrogen and oxygen atoms in total. The molecule has 0 saturated heterocycles. The fourth-order valence-electron chi connectivity index (χ4n) is 1.75. The highest BCUT2D eigenvalue weighted by atomic mass is 16.6. The molecular weight excluding hydrogens is 328 g/mol. The minimum atomic E-state index is -1.00. The Bertz CT molecular complexity index is 393. The van der Waals surface area contributed by atoms with Crippen LogP contribution >= 0.6 is 0 Å². The largest absolute Gasteiger partial charge is 0.481 e. The number of unbranched alkanes of at least 4 members (excludes halogenated alkanes) is 3. The number of ether oxygens (including phenoxy) is 1. The highest BCUT2D eigenvalue weighted by molar-refractivity contribution is 5.73. The predicted octanol–water partition coefficient (Wildman–Crippen LogP) is 1.89. The topological polar surface area (TPSA) is 153 Å². The summed E-state index contributed by atoms with van der Waals surface area (Å²) in [4.78, 5) is 31.6.